The van der Waals surface area contributed by atoms with Gasteiger partial charge in [-0.25, -0.2) is 0 Å². The zero-order valence-corrected chi connectivity index (χ0v) is 21.2. The Morgan fingerprint density at radius 3 is 2.67 bits per heavy atom. The van der Waals surface area contributed by atoms with E-state index < -0.39 is 0 Å². The third-order valence-corrected chi connectivity index (χ3v) is 4.87. The number of aliphatic imine (C=N–C) groups is 1. The molecule has 0 amide bonds. The van der Waals surface area contributed by atoms with Gasteiger partial charge in [-0.3, -0.25) is 4.99 Å². The van der Waals surface area contributed by atoms with Gasteiger partial charge in [0.2, 0.25) is 0 Å². The van der Waals surface area contributed by atoms with Crippen LogP contribution in [0.2, 0.25) is 0 Å². The molecule has 2 rings (SSSR count). The fourth-order valence-corrected chi connectivity index (χ4v) is 2.91. The van der Waals surface area contributed by atoms with Crippen LogP contribution in [0, 0.1) is 0 Å². The third kappa shape index (κ3) is 7.33. The maximum absolute atomic E-state index is 5.54. The van der Waals surface area contributed by atoms with E-state index in [1.54, 1.807) is 20.5 Å². The molecule has 30 heavy (non-hydrogen) atoms. The SMILES string of the molecule is CCc1nncn1CCN=C(NC(C)CC)N(C)Cc1ccc(OC)cc1OC.I. The van der Waals surface area contributed by atoms with Gasteiger partial charge in [0.1, 0.15) is 23.7 Å². The average Bonchev–Trinajstić information content (AvgIpc) is 3.20. The largest absolute Gasteiger partial charge is 0.497 e. The van der Waals surface area contributed by atoms with Crippen molar-refractivity contribution in [2.45, 2.75) is 52.7 Å². The highest BCUT2D eigenvalue weighted by Gasteiger charge is 2.13. The fourth-order valence-electron chi connectivity index (χ4n) is 2.91. The van der Waals surface area contributed by atoms with Gasteiger partial charge in [-0.2, -0.15) is 0 Å². The van der Waals surface area contributed by atoms with Gasteiger partial charge in [-0.05, 0) is 25.5 Å². The summed E-state index contributed by atoms with van der Waals surface area (Å²) in [4.78, 5) is 6.95. The van der Waals surface area contributed by atoms with Crippen LogP contribution in [0.15, 0.2) is 29.5 Å². The molecule has 0 bridgehead atoms. The Kier molecular flexibility index (Phi) is 11.5. The molecular formula is C21H35IN6O2. The van der Waals surface area contributed by atoms with Gasteiger partial charge >= 0.3 is 0 Å². The van der Waals surface area contributed by atoms with E-state index in [9.17, 15) is 0 Å². The number of nitrogens with zero attached hydrogens (tertiary/aromatic N) is 5. The molecule has 1 N–H and O–H groups in total. The number of aryl methyl sites for hydroxylation is 1. The summed E-state index contributed by atoms with van der Waals surface area (Å²) in [5, 5.41) is 11.6. The smallest absolute Gasteiger partial charge is 0.194 e. The second-order valence-corrected chi connectivity index (χ2v) is 6.99. The van der Waals surface area contributed by atoms with Gasteiger partial charge in [0.25, 0.3) is 0 Å². The Labute approximate surface area is 197 Å². The predicted molar refractivity (Wildman–Crippen MR) is 131 cm³/mol. The van der Waals surface area contributed by atoms with Gasteiger partial charge in [-0.1, -0.05) is 13.8 Å². The number of benzene rings is 1. The number of methoxy groups -OCH3 is 2. The zero-order valence-electron chi connectivity index (χ0n) is 18.9. The van der Waals surface area contributed by atoms with Crippen molar-refractivity contribution in [2.75, 3.05) is 27.8 Å². The lowest BCUT2D eigenvalue weighted by Crippen LogP contribution is -2.43. The summed E-state index contributed by atoms with van der Waals surface area (Å²) in [5.41, 5.74) is 1.07. The lowest BCUT2D eigenvalue weighted by Gasteiger charge is -2.26. The van der Waals surface area contributed by atoms with Gasteiger partial charge in [0.15, 0.2) is 5.96 Å². The van der Waals surface area contributed by atoms with E-state index in [1.165, 1.54) is 0 Å². The van der Waals surface area contributed by atoms with Crippen LogP contribution in [0.4, 0.5) is 0 Å². The number of nitrogens with one attached hydrogen (secondary N) is 1. The molecule has 9 heteroatoms. The van der Waals surface area contributed by atoms with Crippen molar-refractivity contribution in [3.8, 4) is 11.5 Å². The van der Waals surface area contributed by atoms with E-state index in [-0.39, 0.29) is 24.0 Å². The second kappa shape index (κ2) is 13.3. The van der Waals surface area contributed by atoms with Gasteiger partial charge in [0, 0.05) is 44.2 Å². The number of hydrogen-bond acceptors (Lipinski definition) is 5. The minimum absolute atomic E-state index is 0. The molecule has 1 aromatic heterocycles. The highest BCUT2D eigenvalue weighted by atomic mass is 127. The van der Waals surface area contributed by atoms with E-state index in [1.807, 2.05) is 25.2 Å². The van der Waals surface area contributed by atoms with Crippen LogP contribution in [-0.2, 0) is 19.5 Å². The lowest BCUT2D eigenvalue weighted by molar-refractivity contribution is 0.381. The molecule has 1 atom stereocenters. The standard InChI is InChI=1S/C21H34N6O2.HI/c1-7-16(3)24-21(22-11-12-27-15-23-25-20(27)8-2)26(4)14-17-9-10-18(28-5)13-19(17)29-6;/h9-10,13,15-16H,7-8,11-12,14H2,1-6H3,(H,22,24);1H. The highest BCUT2D eigenvalue weighted by Crippen LogP contribution is 2.25. The van der Waals surface area contributed by atoms with E-state index in [4.69, 9.17) is 14.5 Å². The summed E-state index contributed by atoms with van der Waals surface area (Å²) >= 11 is 0. The van der Waals surface area contributed by atoms with Crippen molar-refractivity contribution < 1.29 is 9.47 Å². The molecule has 1 aromatic carbocycles. The maximum atomic E-state index is 5.54. The van der Waals surface area contributed by atoms with Crippen LogP contribution in [0.5, 0.6) is 11.5 Å². The number of ether oxygens (including phenoxy) is 2. The van der Waals surface area contributed by atoms with E-state index in [2.05, 4.69) is 45.8 Å². The van der Waals surface area contributed by atoms with Crippen LogP contribution >= 0.6 is 24.0 Å². The topological polar surface area (TPSA) is 76.8 Å². The van der Waals surface area contributed by atoms with Gasteiger partial charge < -0.3 is 24.3 Å². The first-order valence-electron chi connectivity index (χ1n) is 10.1. The summed E-state index contributed by atoms with van der Waals surface area (Å²) in [6.45, 7) is 8.46. The van der Waals surface area contributed by atoms with Crippen molar-refractivity contribution in [1.82, 2.24) is 25.0 Å². The minimum atomic E-state index is 0. The Bertz CT molecular complexity index is 796. The van der Waals surface area contributed by atoms with Crippen LogP contribution < -0.4 is 14.8 Å². The Balaban J connectivity index is 0.00000450. The summed E-state index contributed by atoms with van der Waals surface area (Å²) < 4.78 is 12.9. The molecule has 1 heterocycles. The molecule has 0 saturated heterocycles. The minimum Gasteiger partial charge on any atom is -0.497 e. The van der Waals surface area contributed by atoms with E-state index >= 15 is 0 Å². The molecule has 0 aliphatic rings. The van der Waals surface area contributed by atoms with Crippen molar-refractivity contribution >= 4 is 29.9 Å². The molecule has 0 aliphatic carbocycles. The number of halogens is 1. The highest BCUT2D eigenvalue weighted by molar-refractivity contribution is 14.0. The van der Waals surface area contributed by atoms with Gasteiger partial charge in [0.05, 0.1) is 20.8 Å². The zero-order chi connectivity index (χ0) is 21.2. The third-order valence-electron chi connectivity index (χ3n) is 4.87. The molecule has 0 saturated carbocycles. The molecule has 0 fully saturated rings. The number of rotatable bonds is 10. The van der Waals surface area contributed by atoms with Crippen LogP contribution in [-0.4, -0.2) is 59.5 Å². The fraction of sp³-hybridized carbons (Fsp3) is 0.571. The number of aromatic nitrogens is 3. The van der Waals surface area contributed by atoms with Crippen LogP contribution in [0.1, 0.15) is 38.6 Å². The summed E-state index contributed by atoms with van der Waals surface area (Å²) in [7, 11) is 5.37. The first kappa shape index (κ1) is 26.0. The average molecular weight is 530 g/mol. The lowest BCUT2D eigenvalue weighted by atomic mass is 10.2. The molecule has 0 aliphatic heterocycles. The summed E-state index contributed by atoms with van der Waals surface area (Å²) in [6, 6.07) is 6.21. The first-order valence-corrected chi connectivity index (χ1v) is 10.1. The quantitative estimate of drug-likeness (QED) is 0.289. The van der Waals surface area contributed by atoms with Crippen molar-refractivity contribution in [2.24, 2.45) is 4.99 Å². The molecule has 2 aromatic rings. The monoisotopic (exact) mass is 530 g/mol. The molecule has 1 unspecified atom stereocenters. The summed E-state index contributed by atoms with van der Waals surface area (Å²) in [6.07, 6.45) is 3.64. The van der Waals surface area contributed by atoms with E-state index in [0.717, 1.165) is 48.2 Å². The normalized spacial score (nSPS) is 12.1. The second-order valence-electron chi connectivity index (χ2n) is 6.99. The predicted octanol–water partition coefficient (Wildman–Crippen LogP) is 3.35. The Morgan fingerprint density at radius 2 is 2.03 bits per heavy atom. The van der Waals surface area contributed by atoms with E-state index in [0.29, 0.717) is 19.1 Å². The summed E-state index contributed by atoms with van der Waals surface area (Å²) in [5.74, 6) is 3.42. The number of hydrogen-bond donors (Lipinski definition) is 1. The van der Waals surface area contributed by atoms with Crippen molar-refractivity contribution in [1.29, 1.82) is 0 Å². The van der Waals surface area contributed by atoms with Gasteiger partial charge in [-0.15, -0.1) is 34.2 Å². The maximum Gasteiger partial charge on any atom is 0.194 e. The molecule has 0 spiro atoms. The molecule has 8 nitrogen and oxygen atoms in total. The Hall–Kier alpha value is -2.04. The molecule has 0 radical (unpaired) electrons. The van der Waals surface area contributed by atoms with Crippen LogP contribution in [0.25, 0.3) is 0 Å². The molecule has 168 valence electrons. The Morgan fingerprint density at radius 1 is 1.27 bits per heavy atom. The van der Waals surface area contributed by atoms with Crippen LogP contribution in [0.3, 0.4) is 0 Å². The number of guanidine groups is 1. The molecular weight excluding hydrogens is 495 g/mol. The first-order chi connectivity index (χ1) is 14.0. The van der Waals surface area contributed by atoms with Crippen molar-refractivity contribution in [3.05, 3.63) is 35.9 Å². The van der Waals surface area contributed by atoms with Crippen molar-refractivity contribution in [3.63, 3.8) is 0 Å².